The highest BCUT2D eigenvalue weighted by Gasteiger charge is 2.11. The highest BCUT2D eigenvalue weighted by molar-refractivity contribution is 5.78. The Morgan fingerprint density at radius 3 is 2.61 bits per heavy atom. The molecule has 2 N–H and O–H groups in total. The van der Waals surface area contributed by atoms with Gasteiger partial charge in [0.15, 0.2) is 6.61 Å². The van der Waals surface area contributed by atoms with Gasteiger partial charge in [-0.05, 0) is 32.0 Å². The fourth-order valence-electron chi connectivity index (χ4n) is 1.56. The Morgan fingerprint density at radius 1 is 1.44 bits per heavy atom. The number of nitrogens with two attached hydrogens (primary N) is 1. The van der Waals surface area contributed by atoms with Gasteiger partial charge in [-0.1, -0.05) is 0 Å². The summed E-state index contributed by atoms with van der Waals surface area (Å²) in [5.74, 6) is 0.346. The molecule has 0 bridgehead atoms. The monoisotopic (exact) mass is 247 g/mol. The van der Waals surface area contributed by atoms with Crippen molar-refractivity contribution in [3.8, 4) is 11.8 Å². The second kappa shape index (κ2) is 6.50. The molecular formula is C13H17N3O2. The number of nitriles is 1. The number of nitrogen functional groups attached to an aromatic ring is 1. The summed E-state index contributed by atoms with van der Waals surface area (Å²) >= 11 is 0. The molecule has 0 saturated carbocycles. The number of ether oxygens (including phenoxy) is 1. The van der Waals surface area contributed by atoms with Gasteiger partial charge in [0, 0.05) is 13.1 Å². The molecule has 0 unspecified atom stereocenters. The molecule has 0 aromatic heterocycles. The van der Waals surface area contributed by atoms with E-state index in [2.05, 4.69) is 0 Å². The molecule has 0 atom stereocenters. The number of anilines is 1. The number of carbonyl (C=O) groups excluding carboxylic acids is 1. The van der Waals surface area contributed by atoms with Crippen LogP contribution in [0, 0.1) is 11.3 Å². The first kappa shape index (κ1) is 13.8. The van der Waals surface area contributed by atoms with Gasteiger partial charge >= 0.3 is 0 Å². The lowest BCUT2D eigenvalue weighted by Gasteiger charge is -2.19. The van der Waals surface area contributed by atoms with E-state index in [1.165, 1.54) is 6.07 Å². The first-order valence-electron chi connectivity index (χ1n) is 5.82. The van der Waals surface area contributed by atoms with Gasteiger partial charge in [-0.2, -0.15) is 5.26 Å². The van der Waals surface area contributed by atoms with Gasteiger partial charge in [-0.25, -0.2) is 0 Å². The van der Waals surface area contributed by atoms with Gasteiger partial charge in [0.25, 0.3) is 5.91 Å². The van der Waals surface area contributed by atoms with Crippen molar-refractivity contribution in [3.05, 3.63) is 23.8 Å². The first-order chi connectivity index (χ1) is 8.62. The topological polar surface area (TPSA) is 79.3 Å². The van der Waals surface area contributed by atoms with Crippen molar-refractivity contribution in [1.82, 2.24) is 4.90 Å². The van der Waals surface area contributed by atoms with E-state index >= 15 is 0 Å². The van der Waals surface area contributed by atoms with Crippen LogP contribution in [-0.2, 0) is 4.79 Å². The van der Waals surface area contributed by atoms with E-state index in [0.29, 0.717) is 30.1 Å². The molecule has 0 radical (unpaired) electrons. The Balaban J connectivity index is 2.64. The molecule has 1 aromatic rings. The van der Waals surface area contributed by atoms with E-state index in [4.69, 9.17) is 15.7 Å². The van der Waals surface area contributed by atoms with Crippen LogP contribution in [0.15, 0.2) is 18.2 Å². The van der Waals surface area contributed by atoms with Gasteiger partial charge in [-0.15, -0.1) is 0 Å². The summed E-state index contributed by atoms with van der Waals surface area (Å²) in [6.07, 6.45) is 0. The molecule has 0 fully saturated rings. The molecule has 0 aliphatic heterocycles. The molecule has 0 aliphatic rings. The Bertz CT molecular complexity index is 462. The van der Waals surface area contributed by atoms with Crippen molar-refractivity contribution in [2.45, 2.75) is 13.8 Å². The molecule has 96 valence electrons. The van der Waals surface area contributed by atoms with E-state index < -0.39 is 0 Å². The van der Waals surface area contributed by atoms with Crippen LogP contribution in [-0.4, -0.2) is 30.5 Å². The molecule has 5 heteroatoms. The molecule has 0 spiro atoms. The number of rotatable bonds is 5. The third-order valence-corrected chi connectivity index (χ3v) is 2.61. The van der Waals surface area contributed by atoms with Crippen molar-refractivity contribution >= 4 is 11.6 Å². The van der Waals surface area contributed by atoms with Crippen LogP contribution in [0.3, 0.4) is 0 Å². The Kier molecular flexibility index (Phi) is 5.00. The van der Waals surface area contributed by atoms with E-state index in [9.17, 15) is 4.79 Å². The van der Waals surface area contributed by atoms with Gasteiger partial charge < -0.3 is 15.4 Å². The minimum Gasteiger partial charge on any atom is -0.482 e. The summed E-state index contributed by atoms with van der Waals surface area (Å²) in [5.41, 5.74) is 6.55. The number of likely N-dealkylation sites (N-methyl/N-ethyl adjacent to an activating group) is 1. The lowest BCUT2D eigenvalue weighted by molar-refractivity contribution is -0.132. The zero-order valence-corrected chi connectivity index (χ0v) is 10.6. The number of hydrogen-bond donors (Lipinski definition) is 1. The first-order valence-corrected chi connectivity index (χ1v) is 5.82. The lowest BCUT2D eigenvalue weighted by atomic mass is 10.2. The van der Waals surface area contributed by atoms with Crippen LogP contribution in [0.1, 0.15) is 19.4 Å². The second-order valence-corrected chi connectivity index (χ2v) is 3.72. The predicted octanol–water partition coefficient (Wildman–Crippen LogP) is 1.39. The van der Waals surface area contributed by atoms with Gasteiger partial charge in [0.1, 0.15) is 5.75 Å². The van der Waals surface area contributed by atoms with Gasteiger partial charge in [-0.3, -0.25) is 4.79 Å². The highest BCUT2D eigenvalue weighted by Crippen LogP contribution is 2.22. The summed E-state index contributed by atoms with van der Waals surface area (Å²) in [6.45, 7) is 5.09. The van der Waals surface area contributed by atoms with Crippen molar-refractivity contribution in [2.24, 2.45) is 0 Å². The lowest BCUT2D eigenvalue weighted by Crippen LogP contribution is -2.34. The fraction of sp³-hybridized carbons (Fsp3) is 0.385. The average Bonchev–Trinajstić information content (AvgIpc) is 2.38. The number of nitrogens with zero attached hydrogens (tertiary/aromatic N) is 2. The van der Waals surface area contributed by atoms with Crippen LogP contribution in [0.4, 0.5) is 5.69 Å². The number of hydrogen-bond acceptors (Lipinski definition) is 4. The minimum atomic E-state index is -0.0799. The van der Waals surface area contributed by atoms with Crippen LogP contribution >= 0.6 is 0 Å². The van der Waals surface area contributed by atoms with E-state index in [-0.39, 0.29) is 12.5 Å². The van der Waals surface area contributed by atoms with Gasteiger partial charge in [0.2, 0.25) is 0 Å². The quantitative estimate of drug-likeness (QED) is 0.797. The zero-order chi connectivity index (χ0) is 13.5. The Morgan fingerprint density at radius 2 is 2.11 bits per heavy atom. The second-order valence-electron chi connectivity index (χ2n) is 3.72. The predicted molar refractivity (Wildman–Crippen MR) is 69.0 cm³/mol. The maximum Gasteiger partial charge on any atom is 0.260 e. The summed E-state index contributed by atoms with van der Waals surface area (Å²) in [4.78, 5) is 13.4. The van der Waals surface area contributed by atoms with E-state index in [0.717, 1.165) is 0 Å². The van der Waals surface area contributed by atoms with Crippen molar-refractivity contribution in [1.29, 1.82) is 5.26 Å². The SMILES string of the molecule is CCN(CC)C(=O)COc1ccc(C#N)cc1N. The van der Waals surface area contributed by atoms with Crippen LogP contribution in [0.25, 0.3) is 0 Å². The molecule has 1 amide bonds. The van der Waals surface area contributed by atoms with Gasteiger partial charge in [0.05, 0.1) is 17.3 Å². The largest absolute Gasteiger partial charge is 0.482 e. The normalized spacial score (nSPS) is 9.61. The molecule has 0 saturated heterocycles. The highest BCUT2D eigenvalue weighted by atomic mass is 16.5. The standard InChI is InChI=1S/C13H17N3O2/c1-3-16(4-2)13(17)9-18-12-6-5-10(8-14)7-11(12)15/h5-7H,3-4,9,15H2,1-2H3. The fourth-order valence-corrected chi connectivity index (χ4v) is 1.56. The number of carbonyl (C=O) groups is 1. The molecule has 1 aromatic carbocycles. The van der Waals surface area contributed by atoms with E-state index in [1.54, 1.807) is 17.0 Å². The van der Waals surface area contributed by atoms with Crippen molar-refractivity contribution in [3.63, 3.8) is 0 Å². The molecule has 5 nitrogen and oxygen atoms in total. The summed E-state index contributed by atoms with van der Waals surface area (Å²) in [7, 11) is 0. The average molecular weight is 247 g/mol. The van der Waals surface area contributed by atoms with E-state index in [1.807, 2.05) is 19.9 Å². The third-order valence-electron chi connectivity index (χ3n) is 2.61. The van der Waals surface area contributed by atoms with Crippen LogP contribution < -0.4 is 10.5 Å². The smallest absolute Gasteiger partial charge is 0.260 e. The molecule has 1 rings (SSSR count). The summed E-state index contributed by atoms with van der Waals surface area (Å²) in [5, 5.41) is 8.70. The maximum absolute atomic E-state index is 11.7. The molecule has 0 heterocycles. The van der Waals surface area contributed by atoms with Crippen molar-refractivity contribution < 1.29 is 9.53 Å². The number of amides is 1. The molecular weight excluding hydrogens is 230 g/mol. The minimum absolute atomic E-state index is 0.0439. The van der Waals surface area contributed by atoms with Crippen LogP contribution in [0.5, 0.6) is 5.75 Å². The zero-order valence-electron chi connectivity index (χ0n) is 10.6. The third kappa shape index (κ3) is 3.39. The number of benzene rings is 1. The summed E-state index contributed by atoms with van der Waals surface area (Å²) in [6, 6.07) is 6.72. The Labute approximate surface area is 107 Å². The van der Waals surface area contributed by atoms with Crippen molar-refractivity contribution in [2.75, 3.05) is 25.4 Å². The Hall–Kier alpha value is -2.22. The summed E-state index contributed by atoms with van der Waals surface area (Å²) < 4.78 is 5.36. The molecule has 18 heavy (non-hydrogen) atoms. The molecule has 0 aliphatic carbocycles. The van der Waals surface area contributed by atoms with Crippen LogP contribution in [0.2, 0.25) is 0 Å². The maximum atomic E-state index is 11.7.